The number of ether oxygens (including phenoxy) is 2. The predicted molar refractivity (Wildman–Crippen MR) is 166 cm³/mol. The average molecular weight is 567 g/mol. The molecule has 0 bridgehead atoms. The number of thiol groups is 1. The number of thiophene rings is 1. The average Bonchev–Trinajstić information content (AvgIpc) is 3.44. The van der Waals surface area contributed by atoms with E-state index in [-0.39, 0.29) is 6.04 Å². The molecule has 7 heteroatoms. The Kier molecular flexibility index (Phi) is 9.28. The Hall–Kier alpha value is -1.87. The number of aromatic nitrogens is 1. The van der Waals surface area contributed by atoms with E-state index >= 15 is 0 Å². The van der Waals surface area contributed by atoms with Crippen LogP contribution in [0.25, 0.3) is 21.3 Å². The molecule has 2 aromatic heterocycles. The van der Waals surface area contributed by atoms with Crippen molar-refractivity contribution in [3.63, 3.8) is 0 Å². The smallest absolute Gasteiger partial charge is 0.164 e. The van der Waals surface area contributed by atoms with Crippen molar-refractivity contribution in [3.8, 4) is 11.3 Å². The maximum Gasteiger partial charge on any atom is 0.164 e. The molecule has 1 aliphatic rings. The molecule has 4 nitrogen and oxygen atoms in total. The Labute approximate surface area is 241 Å². The molecular weight excluding hydrogens is 529 g/mol. The Morgan fingerprint density at radius 3 is 2.42 bits per heavy atom. The molecule has 2 unspecified atom stereocenters. The molecule has 0 amide bonds. The Morgan fingerprint density at radius 2 is 1.76 bits per heavy atom. The molecule has 0 aliphatic carbocycles. The van der Waals surface area contributed by atoms with Gasteiger partial charge >= 0.3 is 0 Å². The second-order valence-electron chi connectivity index (χ2n) is 10.9. The molecule has 0 spiro atoms. The van der Waals surface area contributed by atoms with Gasteiger partial charge in [0.15, 0.2) is 5.79 Å². The number of fused-ring (bicyclic) bond motifs is 1. The van der Waals surface area contributed by atoms with Crippen molar-refractivity contribution < 1.29 is 9.47 Å². The number of nitrogens with one attached hydrogen (secondary N) is 1. The summed E-state index contributed by atoms with van der Waals surface area (Å²) >= 11 is 8.04. The van der Waals surface area contributed by atoms with E-state index in [9.17, 15) is 0 Å². The molecule has 202 valence electrons. The highest BCUT2D eigenvalue weighted by molar-refractivity contribution is 7.98. The Balaban J connectivity index is 0.000000786. The minimum absolute atomic E-state index is 0.00158. The van der Waals surface area contributed by atoms with Crippen molar-refractivity contribution in [1.82, 2.24) is 9.71 Å². The first kappa shape index (κ1) is 29.1. The molecule has 2 aromatic carbocycles. The second kappa shape index (κ2) is 12.1. The summed E-state index contributed by atoms with van der Waals surface area (Å²) in [6, 6.07) is 21.3. The topological polar surface area (TPSA) is 43.4 Å². The molecule has 1 fully saturated rings. The van der Waals surface area contributed by atoms with Gasteiger partial charge in [0.25, 0.3) is 0 Å². The van der Waals surface area contributed by atoms with Crippen LogP contribution in [0.4, 0.5) is 0 Å². The van der Waals surface area contributed by atoms with Gasteiger partial charge in [-0.3, -0.25) is 9.71 Å². The molecule has 0 saturated carbocycles. The summed E-state index contributed by atoms with van der Waals surface area (Å²) in [5, 5.41) is 1.20. The lowest BCUT2D eigenvalue weighted by molar-refractivity contribution is -0.159. The molecule has 1 saturated heterocycles. The summed E-state index contributed by atoms with van der Waals surface area (Å²) in [7, 11) is 0. The van der Waals surface area contributed by atoms with Crippen LogP contribution in [-0.4, -0.2) is 23.6 Å². The minimum atomic E-state index is -0.594. The summed E-state index contributed by atoms with van der Waals surface area (Å²) in [5.41, 5.74) is 3.85. The maximum atomic E-state index is 6.26. The zero-order chi connectivity index (χ0) is 27.5. The SMILES string of the molecule is CC(C)C.CSc1ccccc1C(NS)c1cc2cccc(-c3cc(C4(C)COC(C)(C)O4)ccn3)c2s1. The quantitative estimate of drug-likeness (QED) is 0.180. The van der Waals surface area contributed by atoms with E-state index in [4.69, 9.17) is 14.5 Å². The highest BCUT2D eigenvalue weighted by Crippen LogP contribution is 2.42. The molecule has 0 radical (unpaired) electrons. The minimum Gasteiger partial charge on any atom is -0.347 e. The summed E-state index contributed by atoms with van der Waals surface area (Å²) in [6.45, 7) is 13.0. The number of hydrogen-bond acceptors (Lipinski definition) is 7. The summed E-state index contributed by atoms with van der Waals surface area (Å²) in [6.07, 6.45) is 3.97. The van der Waals surface area contributed by atoms with Crippen molar-refractivity contribution in [2.24, 2.45) is 5.92 Å². The first-order chi connectivity index (χ1) is 18.1. The third-order valence-electron chi connectivity index (χ3n) is 6.24. The van der Waals surface area contributed by atoms with Crippen molar-refractivity contribution in [2.75, 3.05) is 12.9 Å². The molecule has 2 atom stereocenters. The molecular formula is C31H38N2O2S3. The van der Waals surface area contributed by atoms with E-state index in [1.807, 2.05) is 26.1 Å². The van der Waals surface area contributed by atoms with Gasteiger partial charge in [-0.05, 0) is 73.7 Å². The van der Waals surface area contributed by atoms with E-state index < -0.39 is 11.4 Å². The van der Waals surface area contributed by atoms with Gasteiger partial charge in [-0.15, -0.1) is 23.1 Å². The van der Waals surface area contributed by atoms with E-state index in [2.05, 4.69) is 106 Å². The summed E-state index contributed by atoms with van der Waals surface area (Å²) < 4.78 is 16.6. The lowest BCUT2D eigenvalue weighted by Gasteiger charge is -2.25. The van der Waals surface area contributed by atoms with Crippen LogP contribution in [0.5, 0.6) is 0 Å². The van der Waals surface area contributed by atoms with Crippen LogP contribution in [0.1, 0.15) is 63.6 Å². The maximum absolute atomic E-state index is 6.26. The number of thioether (sulfide) groups is 1. The first-order valence-electron chi connectivity index (χ1n) is 12.9. The normalized spacial score (nSPS) is 19.4. The highest BCUT2D eigenvalue weighted by Gasteiger charge is 2.43. The number of rotatable bonds is 6. The van der Waals surface area contributed by atoms with Gasteiger partial charge in [0.05, 0.1) is 18.3 Å². The van der Waals surface area contributed by atoms with Gasteiger partial charge in [-0.25, -0.2) is 0 Å². The van der Waals surface area contributed by atoms with Gasteiger partial charge in [0.2, 0.25) is 0 Å². The fourth-order valence-corrected chi connectivity index (χ4v) is 6.83. The van der Waals surface area contributed by atoms with Crippen molar-refractivity contribution in [3.05, 3.63) is 82.9 Å². The zero-order valence-corrected chi connectivity index (χ0v) is 25.8. The van der Waals surface area contributed by atoms with Gasteiger partial charge < -0.3 is 9.47 Å². The predicted octanol–water partition coefficient (Wildman–Crippen LogP) is 8.87. The van der Waals surface area contributed by atoms with Crippen molar-refractivity contribution >= 4 is 46.0 Å². The van der Waals surface area contributed by atoms with Crippen LogP contribution in [0, 0.1) is 5.92 Å². The van der Waals surface area contributed by atoms with Gasteiger partial charge in [-0.1, -0.05) is 70.0 Å². The fourth-order valence-electron chi connectivity index (χ4n) is 4.58. The number of nitrogens with zero attached hydrogens (tertiary/aromatic N) is 1. The Bertz CT molecular complexity index is 1380. The first-order valence-corrected chi connectivity index (χ1v) is 15.4. The number of benzene rings is 2. The Morgan fingerprint density at radius 1 is 1.03 bits per heavy atom. The van der Waals surface area contributed by atoms with Gasteiger partial charge in [-0.2, -0.15) is 0 Å². The van der Waals surface area contributed by atoms with Crippen LogP contribution >= 0.6 is 35.9 Å². The van der Waals surface area contributed by atoms with Crippen LogP contribution in [-0.2, 0) is 15.1 Å². The van der Waals surface area contributed by atoms with Crippen LogP contribution in [0.3, 0.4) is 0 Å². The highest BCUT2D eigenvalue weighted by atomic mass is 32.2. The van der Waals surface area contributed by atoms with E-state index in [0.29, 0.717) is 6.61 Å². The monoisotopic (exact) mass is 566 g/mol. The lowest BCUT2D eigenvalue weighted by atomic mass is 9.96. The fraction of sp³-hybridized carbons (Fsp3) is 0.387. The van der Waals surface area contributed by atoms with Crippen LogP contribution in [0.2, 0.25) is 0 Å². The van der Waals surface area contributed by atoms with Gasteiger partial charge in [0.1, 0.15) is 5.60 Å². The third kappa shape index (κ3) is 6.46. The molecule has 4 aromatic rings. The largest absolute Gasteiger partial charge is 0.347 e. The second-order valence-corrected chi connectivity index (χ2v) is 13.1. The van der Waals surface area contributed by atoms with Crippen LogP contribution < -0.4 is 4.72 Å². The molecule has 1 N–H and O–H groups in total. The third-order valence-corrected chi connectivity index (χ3v) is 8.56. The van der Waals surface area contributed by atoms with E-state index in [1.54, 1.807) is 23.1 Å². The zero-order valence-electron chi connectivity index (χ0n) is 23.2. The lowest BCUT2D eigenvalue weighted by Crippen LogP contribution is -2.28. The number of pyridine rings is 1. The summed E-state index contributed by atoms with van der Waals surface area (Å²) in [4.78, 5) is 7.20. The van der Waals surface area contributed by atoms with Gasteiger partial charge in [0, 0.05) is 26.2 Å². The van der Waals surface area contributed by atoms with Crippen molar-refractivity contribution in [1.29, 1.82) is 0 Å². The standard InChI is InChI=1S/C27H28N2O2S3.C4H10/c1-26(2)30-16-27(3,31-26)18-12-13-28-21(15-18)19-10-7-8-17-14-23(34-25(17)19)24(29-32)20-9-5-6-11-22(20)33-4;1-4(2)3/h5-15,24,29,32H,16H2,1-4H3;4H,1-3H3. The molecule has 5 rings (SSSR count). The molecule has 3 heterocycles. The van der Waals surface area contributed by atoms with Crippen molar-refractivity contribution in [2.45, 2.75) is 63.9 Å². The molecule has 1 aliphatic heterocycles. The van der Waals surface area contributed by atoms with E-state index in [0.717, 1.165) is 22.7 Å². The number of hydrogen-bond donors (Lipinski definition) is 2. The summed E-state index contributed by atoms with van der Waals surface area (Å²) in [5.74, 6) is 0.239. The van der Waals surface area contributed by atoms with Crippen LogP contribution in [0.15, 0.2) is 71.8 Å². The molecule has 38 heavy (non-hydrogen) atoms. The van der Waals surface area contributed by atoms with E-state index in [1.165, 1.54) is 25.4 Å².